The van der Waals surface area contributed by atoms with E-state index in [1.807, 2.05) is 32.9 Å². The van der Waals surface area contributed by atoms with Gasteiger partial charge in [-0.05, 0) is 45.0 Å². The van der Waals surface area contributed by atoms with E-state index in [2.05, 4.69) is 15.4 Å². The molecule has 0 atom stereocenters. The van der Waals surface area contributed by atoms with Crippen LogP contribution in [0.3, 0.4) is 0 Å². The van der Waals surface area contributed by atoms with Crippen molar-refractivity contribution in [2.24, 2.45) is 5.73 Å². The highest BCUT2D eigenvalue weighted by Gasteiger charge is 2.19. The second kappa shape index (κ2) is 9.43. The Kier molecular flexibility index (Phi) is 7.19. The third kappa shape index (κ3) is 5.92. The van der Waals surface area contributed by atoms with Crippen LogP contribution in [0.1, 0.15) is 31.1 Å². The van der Waals surface area contributed by atoms with Gasteiger partial charge in [0.05, 0.1) is 11.9 Å². The Morgan fingerprint density at radius 3 is 2.45 bits per heavy atom. The zero-order valence-corrected chi connectivity index (χ0v) is 18.0. The van der Waals surface area contributed by atoms with Crippen molar-refractivity contribution < 1.29 is 19.8 Å². The lowest BCUT2D eigenvalue weighted by molar-refractivity contribution is 0.0305. The second-order valence-corrected chi connectivity index (χ2v) is 7.90. The average Bonchev–Trinajstić information content (AvgIpc) is 3.10. The number of hydrogen-bond donors (Lipinski definition) is 2. The van der Waals surface area contributed by atoms with Crippen molar-refractivity contribution in [2.45, 2.75) is 26.4 Å². The van der Waals surface area contributed by atoms with Crippen LogP contribution in [-0.4, -0.2) is 62.7 Å². The number of ether oxygens (including phenoxy) is 1. The molecule has 0 bridgehead atoms. The maximum atomic E-state index is 12.0. The van der Waals surface area contributed by atoms with Crippen molar-refractivity contribution in [3.8, 4) is 11.3 Å². The first-order chi connectivity index (χ1) is 14.1. The van der Waals surface area contributed by atoms with Crippen LogP contribution in [0.5, 0.6) is 0 Å². The summed E-state index contributed by atoms with van der Waals surface area (Å²) in [7, 11) is 1.69. The highest BCUT2D eigenvalue weighted by atomic mass is 16.6. The molecule has 2 amide bonds. The molecule has 0 fully saturated rings. The zero-order valence-electron chi connectivity index (χ0n) is 18.0. The van der Waals surface area contributed by atoms with E-state index in [-0.39, 0.29) is 11.6 Å². The van der Waals surface area contributed by atoms with Gasteiger partial charge in [0.15, 0.2) is 5.65 Å². The van der Waals surface area contributed by atoms with E-state index in [9.17, 15) is 9.59 Å². The van der Waals surface area contributed by atoms with E-state index >= 15 is 0 Å². The summed E-state index contributed by atoms with van der Waals surface area (Å²) in [6.45, 7) is 6.46. The third-order valence-electron chi connectivity index (χ3n) is 4.29. The Hall–Kier alpha value is -3.66. The predicted octanol–water partition coefficient (Wildman–Crippen LogP) is 1.95. The number of aromatic nitrogens is 3. The molecule has 31 heavy (non-hydrogen) atoms. The minimum atomic E-state index is -0.529. The molecule has 0 aliphatic rings. The summed E-state index contributed by atoms with van der Waals surface area (Å²) in [5.41, 5.74) is 7.56. The van der Waals surface area contributed by atoms with Crippen LogP contribution in [0.4, 0.5) is 10.6 Å². The summed E-state index contributed by atoms with van der Waals surface area (Å²) in [6.07, 6.45) is 1.35. The average molecular weight is 428 g/mol. The van der Waals surface area contributed by atoms with Crippen LogP contribution in [0.25, 0.3) is 16.9 Å². The van der Waals surface area contributed by atoms with Crippen molar-refractivity contribution in [1.82, 2.24) is 19.5 Å². The van der Waals surface area contributed by atoms with Gasteiger partial charge in [-0.2, -0.15) is 0 Å². The Labute approximate surface area is 180 Å². The largest absolute Gasteiger partial charge is 0.444 e. The summed E-state index contributed by atoms with van der Waals surface area (Å²) < 4.78 is 7.06. The summed E-state index contributed by atoms with van der Waals surface area (Å²) in [4.78, 5) is 29.2. The molecule has 0 aliphatic heterocycles. The van der Waals surface area contributed by atoms with Gasteiger partial charge < -0.3 is 26.2 Å². The first-order valence-corrected chi connectivity index (χ1v) is 9.57. The number of imidazole rings is 1. The van der Waals surface area contributed by atoms with Gasteiger partial charge in [-0.25, -0.2) is 14.3 Å². The summed E-state index contributed by atoms with van der Waals surface area (Å²) in [6, 6.07) is 10.6. The van der Waals surface area contributed by atoms with Gasteiger partial charge in [-0.3, -0.25) is 4.79 Å². The van der Waals surface area contributed by atoms with Crippen molar-refractivity contribution in [3.05, 3.63) is 48.2 Å². The van der Waals surface area contributed by atoms with E-state index in [0.717, 1.165) is 11.3 Å². The smallest absolute Gasteiger partial charge is 0.410 e. The molecule has 0 aliphatic carbocycles. The number of hydrogen-bond acceptors (Lipinski definition) is 6. The van der Waals surface area contributed by atoms with Crippen LogP contribution in [0, 0.1) is 0 Å². The molecule has 5 N–H and O–H groups in total. The van der Waals surface area contributed by atoms with Gasteiger partial charge in [-0.1, -0.05) is 12.1 Å². The van der Waals surface area contributed by atoms with E-state index in [4.69, 9.17) is 10.5 Å². The minimum absolute atomic E-state index is 0. The molecule has 10 nitrogen and oxygen atoms in total. The van der Waals surface area contributed by atoms with E-state index in [0.29, 0.717) is 30.1 Å². The Balaban J connectivity index is 0.00000341. The molecule has 1 aromatic carbocycles. The number of carbonyl (C=O) groups is 2. The molecule has 3 rings (SSSR count). The number of rotatable bonds is 6. The Bertz CT molecular complexity index is 1060. The monoisotopic (exact) mass is 428 g/mol. The van der Waals surface area contributed by atoms with E-state index < -0.39 is 11.5 Å². The van der Waals surface area contributed by atoms with Crippen molar-refractivity contribution >= 4 is 23.5 Å². The molecule has 2 heterocycles. The Morgan fingerprint density at radius 1 is 1.16 bits per heavy atom. The van der Waals surface area contributed by atoms with Gasteiger partial charge in [-0.15, -0.1) is 5.10 Å². The third-order valence-corrected chi connectivity index (χ3v) is 4.29. The first-order valence-electron chi connectivity index (χ1n) is 9.57. The fraction of sp³-hybridized carbons (Fsp3) is 0.333. The number of anilines is 1. The zero-order chi connectivity index (χ0) is 21.9. The summed E-state index contributed by atoms with van der Waals surface area (Å²) in [5.74, 6) is 0.175. The van der Waals surface area contributed by atoms with Gasteiger partial charge >= 0.3 is 6.09 Å². The molecule has 2 aromatic heterocycles. The number of benzene rings is 1. The predicted molar refractivity (Wildman–Crippen MR) is 118 cm³/mol. The fourth-order valence-electron chi connectivity index (χ4n) is 2.75. The number of nitrogens with zero attached hydrogens (tertiary/aromatic N) is 4. The second-order valence-electron chi connectivity index (χ2n) is 7.90. The standard InChI is InChI=1S/C21H26N6O3.H2O/c1-21(2,3)30-20(29)26(4)12-11-23-17-9-10-18-24-13-16(27(18)25-17)14-5-7-15(8-6-14)19(22)28;/h5-10,13H,11-12H2,1-4H3,(H2,22,28)(H,23,25);1H2. The lowest BCUT2D eigenvalue weighted by Gasteiger charge is -2.24. The molecule has 3 aromatic rings. The lowest BCUT2D eigenvalue weighted by Crippen LogP contribution is -2.36. The number of primary amides is 1. The first kappa shape index (κ1) is 23.6. The number of carbonyl (C=O) groups excluding carboxylic acids is 2. The Morgan fingerprint density at radius 2 is 1.84 bits per heavy atom. The quantitative estimate of drug-likeness (QED) is 0.613. The van der Waals surface area contributed by atoms with Crippen LogP contribution in [0.2, 0.25) is 0 Å². The van der Waals surface area contributed by atoms with Gasteiger partial charge in [0.25, 0.3) is 0 Å². The highest BCUT2D eigenvalue weighted by molar-refractivity contribution is 5.93. The minimum Gasteiger partial charge on any atom is -0.444 e. The molecule has 0 saturated heterocycles. The summed E-state index contributed by atoms with van der Waals surface area (Å²) >= 11 is 0. The molecule has 0 saturated carbocycles. The molecule has 10 heteroatoms. The fourth-order valence-corrected chi connectivity index (χ4v) is 2.75. The SMILES string of the molecule is CN(CCNc1ccc2ncc(-c3ccc(C(N)=O)cc3)n2n1)C(=O)OC(C)(C)C.O. The van der Waals surface area contributed by atoms with Crippen molar-refractivity contribution in [2.75, 3.05) is 25.5 Å². The van der Waals surface area contributed by atoms with Crippen molar-refractivity contribution in [1.29, 1.82) is 0 Å². The van der Waals surface area contributed by atoms with Gasteiger partial charge in [0.1, 0.15) is 11.4 Å². The van der Waals surface area contributed by atoms with Crippen LogP contribution >= 0.6 is 0 Å². The maximum Gasteiger partial charge on any atom is 0.410 e. The molecule has 166 valence electrons. The van der Waals surface area contributed by atoms with Crippen LogP contribution in [0.15, 0.2) is 42.6 Å². The van der Waals surface area contributed by atoms with E-state index in [1.165, 1.54) is 4.90 Å². The molecule has 0 unspecified atom stereocenters. The topological polar surface area (TPSA) is 146 Å². The normalized spacial score (nSPS) is 11.0. The lowest BCUT2D eigenvalue weighted by atomic mass is 10.1. The number of fused-ring (bicyclic) bond motifs is 1. The van der Waals surface area contributed by atoms with Crippen molar-refractivity contribution in [3.63, 3.8) is 0 Å². The number of nitrogens with two attached hydrogens (primary N) is 1. The number of likely N-dealkylation sites (N-methyl/N-ethyl adjacent to an activating group) is 1. The highest BCUT2D eigenvalue weighted by Crippen LogP contribution is 2.21. The van der Waals surface area contributed by atoms with E-state index in [1.54, 1.807) is 42.0 Å². The van der Waals surface area contributed by atoms with Crippen LogP contribution < -0.4 is 11.1 Å². The molecular formula is C21H28N6O4. The molecule has 0 spiro atoms. The molecular weight excluding hydrogens is 400 g/mol. The summed E-state index contributed by atoms with van der Waals surface area (Å²) in [5, 5.41) is 7.79. The van der Waals surface area contributed by atoms with Gasteiger partial charge in [0.2, 0.25) is 5.91 Å². The van der Waals surface area contributed by atoms with Crippen LogP contribution in [-0.2, 0) is 4.74 Å². The molecule has 0 radical (unpaired) electrons. The van der Waals surface area contributed by atoms with Gasteiger partial charge in [0, 0.05) is 31.3 Å². The number of nitrogens with one attached hydrogen (secondary N) is 1. The maximum absolute atomic E-state index is 12.0. The number of amides is 2.